The van der Waals surface area contributed by atoms with Crippen molar-refractivity contribution in [3.8, 4) is 0 Å². The van der Waals surface area contributed by atoms with E-state index in [2.05, 4.69) is 10.3 Å². The summed E-state index contributed by atoms with van der Waals surface area (Å²) in [6.45, 7) is 2.35. The van der Waals surface area contributed by atoms with Crippen molar-refractivity contribution in [2.75, 3.05) is 4.90 Å². The average Bonchev–Trinajstić information content (AvgIpc) is 2.97. The monoisotopic (exact) mass is 369 g/mol. The first-order chi connectivity index (χ1) is 12.6. The number of benzene rings is 1. The van der Waals surface area contributed by atoms with Gasteiger partial charge >= 0.3 is 0 Å². The first kappa shape index (κ1) is 17.0. The molecule has 6 heteroatoms. The average molecular weight is 370 g/mol. The molecule has 0 saturated carbocycles. The minimum absolute atomic E-state index is 0.0217. The molecule has 1 aromatic carbocycles. The Bertz CT molecular complexity index is 897. The maximum Gasteiger partial charge on any atom is 0.258 e. The van der Waals surface area contributed by atoms with Crippen LogP contribution in [0.3, 0.4) is 0 Å². The van der Waals surface area contributed by atoms with Crippen LogP contribution in [0.1, 0.15) is 59.3 Å². The van der Waals surface area contributed by atoms with Gasteiger partial charge in [0.15, 0.2) is 0 Å². The van der Waals surface area contributed by atoms with Gasteiger partial charge in [0.1, 0.15) is 0 Å². The van der Waals surface area contributed by atoms with Crippen molar-refractivity contribution in [3.63, 3.8) is 0 Å². The molecule has 0 bridgehead atoms. The third kappa shape index (κ3) is 2.86. The standard InChI is InChI=1S/C20H20ClN3O2/c1-2-19(25)23-17-5-3-4-15-16(17)9-22-10-18(15)24-11-12-8-13(21)6-7-14(12)20(24)26/h6-10,17H,2-5,11H2,1H3,(H,23,25)/t17-/m1/s1. The van der Waals surface area contributed by atoms with Crippen LogP contribution in [-0.2, 0) is 17.8 Å². The molecule has 1 N–H and O–H groups in total. The van der Waals surface area contributed by atoms with Gasteiger partial charge in [0.2, 0.25) is 5.91 Å². The van der Waals surface area contributed by atoms with Gasteiger partial charge in [-0.05, 0) is 54.2 Å². The van der Waals surface area contributed by atoms with Crippen LogP contribution < -0.4 is 10.2 Å². The van der Waals surface area contributed by atoms with Crippen molar-refractivity contribution in [3.05, 3.63) is 57.9 Å². The number of hydrogen-bond acceptors (Lipinski definition) is 3. The van der Waals surface area contributed by atoms with Crippen molar-refractivity contribution in [1.82, 2.24) is 10.3 Å². The number of rotatable bonds is 3. The zero-order valence-electron chi connectivity index (χ0n) is 14.6. The number of fused-ring (bicyclic) bond motifs is 2. The number of amides is 2. The molecule has 1 atom stereocenters. The van der Waals surface area contributed by atoms with E-state index in [1.807, 2.05) is 19.2 Å². The van der Waals surface area contributed by atoms with Crippen LogP contribution in [0, 0.1) is 0 Å². The fraction of sp³-hybridized carbons (Fsp3) is 0.350. The lowest BCUT2D eigenvalue weighted by atomic mass is 9.87. The number of anilines is 1. The number of nitrogens with one attached hydrogen (secondary N) is 1. The fourth-order valence-corrected chi connectivity index (χ4v) is 4.06. The molecule has 1 aromatic heterocycles. The van der Waals surface area contributed by atoms with Crippen LogP contribution in [0.25, 0.3) is 0 Å². The molecule has 0 unspecified atom stereocenters. The Labute approximate surface area is 157 Å². The Hall–Kier alpha value is -2.40. The summed E-state index contributed by atoms with van der Waals surface area (Å²) in [5.74, 6) is 0.0131. The molecule has 2 aliphatic rings. The van der Waals surface area contributed by atoms with Gasteiger partial charge in [-0.1, -0.05) is 18.5 Å². The van der Waals surface area contributed by atoms with Gasteiger partial charge in [0.25, 0.3) is 5.91 Å². The normalized spacial score (nSPS) is 18.5. The third-order valence-corrected chi connectivity index (χ3v) is 5.42. The van der Waals surface area contributed by atoms with E-state index in [1.165, 1.54) is 0 Å². The first-order valence-electron chi connectivity index (χ1n) is 8.95. The number of carbonyl (C=O) groups excluding carboxylic acids is 2. The molecule has 134 valence electrons. The Morgan fingerprint density at radius 2 is 2.23 bits per heavy atom. The minimum Gasteiger partial charge on any atom is -0.349 e. The molecule has 2 heterocycles. The highest BCUT2D eigenvalue weighted by Crippen LogP contribution is 2.38. The lowest BCUT2D eigenvalue weighted by Crippen LogP contribution is -2.32. The first-order valence-corrected chi connectivity index (χ1v) is 9.32. The van der Waals surface area contributed by atoms with Crippen LogP contribution in [-0.4, -0.2) is 16.8 Å². The summed E-state index contributed by atoms with van der Waals surface area (Å²) < 4.78 is 0. The predicted molar refractivity (Wildman–Crippen MR) is 100 cm³/mol. The van der Waals surface area contributed by atoms with E-state index in [0.29, 0.717) is 23.6 Å². The lowest BCUT2D eigenvalue weighted by Gasteiger charge is -2.29. The summed E-state index contributed by atoms with van der Waals surface area (Å²) in [7, 11) is 0. The molecule has 1 aliphatic heterocycles. The van der Waals surface area contributed by atoms with E-state index in [9.17, 15) is 9.59 Å². The van der Waals surface area contributed by atoms with E-state index in [4.69, 9.17) is 11.6 Å². The molecule has 5 nitrogen and oxygen atoms in total. The highest BCUT2D eigenvalue weighted by molar-refractivity contribution is 6.31. The van der Waals surface area contributed by atoms with Gasteiger partial charge in [0, 0.05) is 23.2 Å². The number of nitrogens with zero attached hydrogens (tertiary/aromatic N) is 2. The van der Waals surface area contributed by atoms with Crippen LogP contribution in [0.4, 0.5) is 5.69 Å². The SMILES string of the molecule is CCC(=O)N[C@@H]1CCCc2c1cncc2N1Cc2cc(Cl)ccc2C1=O. The zero-order valence-corrected chi connectivity index (χ0v) is 15.3. The van der Waals surface area contributed by atoms with E-state index < -0.39 is 0 Å². The lowest BCUT2D eigenvalue weighted by molar-refractivity contribution is -0.121. The molecular formula is C20H20ClN3O2. The fourth-order valence-electron chi connectivity index (χ4n) is 3.87. The molecule has 2 aromatic rings. The van der Waals surface area contributed by atoms with Gasteiger partial charge in [-0.2, -0.15) is 0 Å². The summed E-state index contributed by atoms with van der Waals surface area (Å²) in [5.41, 5.74) is 4.61. The Kier molecular flexibility index (Phi) is 4.41. The van der Waals surface area contributed by atoms with E-state index in [1.54, 1.807) is 23.2 Å². The van der Waals surface area contributed by atoms with E-state index in [0.717, 1.165) is 41.6 Å². The zero-order chi connectivity index (χ0) is 18.3. The highest BCUT2D eigenvalue weighted by atomic mass is 35.5. The Morgan fingerprint density at radius 1 is 1.38 bits per heavy atom. The van der Waals surface area contributed by atoms with Crippen molar-refractivity contribution in [2.45, 2.75) is 45.2 Å². The van der Waals surface area contributed by atoms with Crippen LogP contribution >= 0.6 is 11.6 Å². The van der Waals surface area contributed by atoms with Gasteiger partial charge in [-0.15, -0.1) is 0 Å². The highest BCUT2D eigenvalue weighted by Gasteiger charge is 2.32. The van der Waals surface area contributed by atoms with Crippen molar-refractivity contribution in [2.24, 2.45) is 0 Å². The Balaban J connectivity index is 1.70. The molecule has 4 rings (SSSR count). The van der Waals surface area contributed by atoms with E-state index in [-0.39, 0.29) is 17.9 Å². The predicted octanol–water partition coefficient (Wildman–Crippen LogP) is 3.80. The molecule has 2 amide bonds. The second kappa shape index (κ2) is 6.72. The third-order valence-electron chi connectivity index (χ3n) is 5.18. The Morgan fingerprint density at radius 3 is 3.04 bits per heavy atom. The second-order valence-corrected chi connectivity index (χ2v) is 7.22. The van der Waals surface area contributed by atoms with Crippen molar-refractivity contribution in [1.29, 1.82) is 0 Å². The quantitative estimate of drug-likeness (QED) is 0.895. The van der Waals surface area contributed by atoms with Crippen LogP contribution in [0.15, 0.2) is 30.6 Å². The number of carbonyl (C=O) groups is 2. The molecule has 0 radical (unpaired) electrons. The summed E-state index contributed by atoms with van der Waals surface area (Å²) >= 11 is 6.08. The molecule has 26 heavy (non-hydrogen) atoms. The van der Waals surface area contributed by atoms with Crippen molar-refractivity contribution < 1.29 is 9.59 Å². The second-order valence-electron chi connectivity index (χ2n) is 6.79. The van der Waals surface area contributed by atoms with Crippen molar-refractivity contribution >= 4 is 29.1 Å². The summed E-state index contributed by atoms with van der Waals surface area (Å²) in [4.78, 5) is 30.9. The number of aromatic nitrogens is 1. The largest absolute Gasteiger partial charge is 0.349 e. The molecule has 0 fully saturated rings. The van der Waals surface area contributed by atoms with Gasteiger partial charge in [-0.3, -0.25) is 14.6 Å². The summed E-state index contributed by atoms with van der Waals surface area (Å²) in [6, 6.07) is 5.35. The number of hydrogen-bond donors (Lipinski definition) is 1. The van der Waals surface area contributed by atoms with Gasteiger partial charge in [0.05, 0.1) is 24.5 Å². The minimum atomic E-state index is -0.0341. The number of pyridine rings is 1. The van der Waals surface area contributed by atoms with Crippen LogP contribution in [0.5, 0.6) is 0 Å². The molecule has 1 aliphatic carbocycles. The summed E-state index contributed by atoms with van der Waals surface area (Å²) in [5, 5.41) is 3.71. The maximum atomic E-state index is 12.9. The summed E-state index contributed by atoms with van der Waals surface area (Å²) in [6.07, 6.45) is 6.79. The molecule has 0 saturated heterocycles. The van der Waals surface area contributed by atoms with Gasteiger partial charge in [-0.25, -0.2) is 0 Å². The smallest absolute Gasteiger partial charge is 0.258 e. The van der Waals surface area contributed by atoms with Gasteiger partial charge < -0.3 is 10.2 Å². The topological polar surface area (TPSA) is 62.3 Å². The maximum absolute atomic E-state index is 12.9. The molecule has 0 spiro atoms. The van der Waals surface area contributed by atoms with E-state index >= 15 is 0 Å². The van der Waals surface area contributed by atoms with Crippen LogP contribution in [0.2, 0.25) is 5.02 Å². The molecular weight excluding hydrogens is 350 g/mol. The number of halogens is 1.